The third kappa shape index (κ3) is 4.80. The van der Waals surface area contributed by atoms with Gasteiger partial charge in [0.15, 0.2) is 0 Å². The number of hydrogen-bond donors (Lipinski definition) is 1. The molecule has 0 bridgehead atoms. The molecule has 0 spiro atoms. The molecule has 1 aliphatic rings. The molecule has 13 heavy (non-hydrogen) atoms. The van der Waals surface area contributed by atoms with Crippen LogP contribution in [0.3, 0.4) is 0 Å². The van der Waals surface area contributed by atoms with Crippen LogP contribution in [0.15, 0.2) is 0 Å². The Balaban J connectivity index is 2.32. The Morgan fingerprint density at radius 1 is 1.46 bits per heavy atom. The lowest BCUT2D eigenvalue weighted by Gasteiger charge is -2.25. The first kappa shape index (κ1) is 12.0. The molecule has 1 saturated carbocycles. The second-order valence-corrected chi connectivity index (χ2v) is 9.67. The lowest BCUT2D eigenvalue weighted by atomic mass is 9.98. The lowest BCUT2D eigenvalue weighted by Crippen LogP contribution is -2.14. The lowest BCUT2D eigenvalue weighted by molar-refractivity contribution is 0.161. The molecule has 0 heterocycles. The Labute approximate surface area is 89.4 Å². The fraction of sp³-hybridized carbons (Fsp3) is 1.00. The van der Waals surface area contributed by atoms with Gasteiger partial charge in [0.25, 0.3) is 0 Å². The molecule has 1 fully saturated rings. The van der Waals surface area contributed by atoms with Gasteiger partial charge in [0, 0.05) is 0 Å². The van der Waals surface area contributed by atoms with E-state index in [4.69, 9.17) is 16.3 Å². The smallest absolute Gasteiger partial charge is 0.244 e. The van der Waals surface area contributed by atoms with Crippen LogP contribution in [-0.4, -0.2) is 16.8 Å². The summed E-state index contributed by atoms with van der Waals surface area (Å²) in [4.78, 5) is 9.73. The van der Waals surface area contributed by atoms with Crippen molar-refractivity contribution in [2.24, 2.45) is 0 Å². The maximum absolute atomic E-state index is 9.73. The summed E-state index contributed by atoms with van der Waals surface area (Å²) in [6.45, 7) is 1.99. The SMILES string of the molecule is CCSP(O)(=S)OC1CCCCC1. The van der Waals surface area contributed by atoms with Gasteiger partial charge in [-0.1, -0.05) is 37.6 Å². The summed E-state index contributed by atoms with van der Waals surface area (Å²) < 4.78 is 5.56. The normalized spacial score (nSPS) is 24.2. The molecular formula is C8H17O2PS2. The molecule has 1 N–H and O–H groups in total. The van der Waals surface area contributed by atoms with Crippen molar-refractivity contribution in [1.29, 1.82) is 0 Å². The van der Waals surface area contributed by atoms with Crippen molar-refractivity contribution in [3.8, 4) is 0 Å². The van der Waals surface area contributed by atoms with Crippen LogP contribution in [0.1, 0.15) is 39.0 Å². The third-order valence-corrected chi connectivity index (χ3v) is 6.49. The molecule has 1 unspecified atom stereocenters. The largest absolute Gasteiger partial charge is 0.337 e. The Morgan fingerprint density at radius 2 is 2.08 bits per heavy atom. The molecule has 0 aromatic heterocycles. The first-order chi connectivity index (χ1) is 6.14. The first-order valence-corrected chi connectivity index (χ1v) is 9.06. The molecule has 2 nitrogen and oxygen atoms in total. The number of hydrogen-bond acceptors (Lipinski definition) is 3. The van der Waals surface area contributed by atoms with E-state index in [0.29, 0.717) is 0 Å². The van der Waals surface area contributed by atoms with Crippen molar-refractivity contribution in [2.75, 3.05) is 5.75 Å². The summed E-state index contributed by atoms with van der Waals surface area (Å²) in [5, 5.41) is 0. The molecule has 1 atom stereocenters. The van der Waals surface area contributed by atoms with Gasteiger partial charge >= 0.3 is 0 Å². The molecule has 1 rings (SSSR count). The summed E-state index contributed by atoms with van der Waals surface area (Å²) in [7, 11) is 0. The van der Waals surface area contributed by atoms with Crippen molar-refractivity contribution >= 4 is 28.9 Å². The zero-order valence-electron chi connectivity index (χ0n) is 7.94. The van der Waals surface area contributed by atoms with E-state index in [1.54, 1.807) is 0 Å². The van der Waals surface area contributed by atoms with Crippen molar-refractivity contribution in [3.63, 3.8) is 0 Å². The standard InChI is InChI=1S/C8H17O2PS2/c1-2-13-11(9,12)10-8-6-4-3-5-7-8/h8H,2-7H2,1H3,(H,9,12). The van der Waals surface area contributed by atoms with Crippen LogP contribution in [0.25, 0.3) is 0 Å². The van der Waals surface area contributed by atoms with Gasteiger partial charge < -0.3 is 9.42 Å². The highest BCUT2D eigenvalue weighted by Crippen LogP contribution is 2.57. The first-order valence-electron chi connectivity index (χ1n) is 4.80. The van der Waals surface area contributed by atoms with Crippen LogP contribution < -0.4 is 0 Å². The van der Waals surface area contributed by atoms with E-state index in [2.05, 4.69) is 0 Å². The predicted octanol–water partition coefficient (Wildman–Crippen LogP) is 3.31. The molecule has 0 radical (unpaired) electrons. The molecular weight excluding hydrogens is 223 g/mol. The summed E-state index contributed by atoms with van der Waals surface area (Å²) in [5.41, 5.74) is -2.51. The van der Waals surface area contributed by atoms with Gasteiger partial charge in [-0.05, 0) is 30.4 Å². The minimum atomic E-state index is -2.51. The fourth-order valence-electron chi connectivity index (χ4n) is 1.55. The molecule has 0 aromatic rings. The topological polar surface area (TPSA) is 29.5 Å². The highest BCUT2D eigenvalue weighted by Gasteiger charge is 2.22. The van der Waals surface area contributed by atoms with E-state index in [0.717, 1.165) is 18.6 Å². The molecule has 78 valence electrons. The zero-order valence-corrected chi connectivity index (χ0v) is 10.5. The molecule has 0 aromatic carbocycles. The summed E-state index contributed by atoms with van der Waals surface area (Å²) in [5.74, 6) is 0.834. The van der Waals surface area contributed by atoms with Crippen molar-refractivity contribution in [2.45, 2.75) is 45.1 Å². The Kier molecular flexibility index (Phi) is 5.27. The van der Waals surface area contributed by atoms with E-state index in [1.807, 2.05) is 6.92 Å². The third-order valence-electron chi connectivity index (χ3n) is 2.13. The molecule has 1 aliphatic carbocycles. The van der Waals surface area contributed by atoms with Gasteiger partial charge in [-0.15, -0.1) is 0 Å². The monoisotopic (exact) mass is 240 g/mol. The van der Waals surface area contributed by atoms with Crippen LogP contribution in [-0.2, 0) is 16.3 Å². The van der Waals surface area contributed by atoms with Crippen molar-refractivity contribution in [3.05, 3.63) is 0 Å². The molecule has 0 saturated heterocycles. The maximum atomic E-state index is 9.73. The zero-order chi connectivity index (χ0) is 9.73. The Hall–Kier alpha value is 0.920. The van der Waals surface area contributed by atoms with Gasteiger partial charge in [-0.2, -0.15) is 0 Å². The van der Waals surface area contributed by atoms with Crippen molar-refractivity contribution in [1.82, 2.24) is 0 Å². The van der Waals surface area contributed by atoms with Gasteiger partial charge in [0.2, 0.25) is 5.69 Å². The van der Waals surface area contributed by atoms with Crippen LogP contribution >= 0.6 is 17.1 Å². The van der Waals surface area contributed by atoms with E-state index >= 15 is 0 Å². The van der Waals surface area contributed by atoms with Crippen LogP contribution in [0, 0.1) is 0 Å². The van der Waals surface area contributed by atoms with Crippen LogP contribution in [0.2, 0.25) is 0 Å². The van der Waals surface area contributed by atoms with E-state index < -0.39 is 5.69 Å². The minimum Gasteiger partial charge on any atom is -0.337 e. The maximum Gasteiger partial charge on any atom is 0.244 e. The van der Waals surface area contributed by atoms with E-state index in [-0.39, 0.29) is 6.10 Å². The summed E-state index contributed by atoms with van der Waals surface area (Å²) in [6.07, 6.45) is 6.11. The Morgan fingerprint density at radius 3 is 2.62 bits per heavy atom. The summed E-state index contributed by atoms with van der Waals surface area (Å²) >= 11 is 6.42. The average molecular weight is 240 g/mol. The predicted molar refractivity (Wildman–Crippen MR) is 62.6 cm³/mol. The van der Waals surface area contributed by atoms with E-state index in [9.17, 15) is 4.89 Å². The Bertz CT molecular complexity index is 193. The van der Waals surface area contributed by atoms with Gasteiger partial charge in [0.1, 0.15) is 0 Å². The second kappa shape index (κ2) is 5.72. The molecule has 5 heteroatoms. The van der Waals surface area contributed by atoms with E-state index in [1.165, 1.54) is 30.6 Å². The molecule has 0 aliphatic heterocycles. The van der Waals surface area contributed by atoms with Crippen LogP contribution in [0.4, 0.5) is 0 Å². The molecule has 0 amide bonds. The van der Waals surface area contributed by atoms with Gasteiger partial charge in [0.05, 0.1) is 6.10 Å². The van der Waals surface area contributed by atoms with Gasteiger partial charge in [-0.3, -0.25) is 0 Å². The fourth-order valence-corrected chi connectivity index (χ4v) is 5.37. The minimum absolute atomic E-state index is 0.226. The highest BCUT2D eigenvalue weighted by atomic mass is 32.9. The average Bonchev–Trinajstić information content (AvgIpc) is 2.04. The summed E-state index contributed by atoms with van der Waals surface area (Å²) in [6, 6.07) is 0. The van der Waals surface area contributed by atoms with Crippen molar-refractivity contribution < 1.29 is 9.42 Å². The van der Waals surface area contributed by atoms with Crippen LogP contribution in [0.5, 0.6) is 0 Å². The number of rotatable bonds is 4. The quantitative estimate of drug-likeness (QED) is 0.763. The second-order valence-electron chi connectivity index (χ2n) is 3.25. The highest BCUT2D eigenvalue weighted by molar-refractivity contribution is 8.67. The van der Waals surface area contributed by atoms with Gasteiger partial charge in [-0.25, -0.2) is 0 Å².